The Kier molecular flexibility index (Phi) is 5.73. The van der Waals surface area contributed by atoms with E-state index in [9.17, 15) is 0 Å². The number of ether oxygens (including phenoxy) is 1. The van der Waals surface area contributed by atoms with Gasteiger partial charge in [0.05, 0.1) is 6.61 Å². The fourth-order valence-corrected chi connectivity index (χ4v) is 2.58. The summed E-state index contributed by atoms with van der Waals surface area (Å²) < 4.78 is 5.71. The largest absolute Gasteiger partial charge is 0.493 e. The molecule has 3 rings (SSSR count). The predicted molar refractivity (Wildman–Crippen MR) is 106 cm³/mol. The first-order chi connectivity index (χ1) is 12.2. The molecule has 0 saturated heterocycles. The fourth-order valence-electron chi connectivity index (χ4n) is 2.58. The first-order valence-electron chi connectivity index (χ1n) is 8.82. The van der Waals surface area contributed by atoms with Crippen LogP contribution in [-0.4, -0.2) is 6.61 Å². The van der Waals surface area contributed by atoms with E-state index in [1.165, 1.54) is 16.7 Å². The second-order valence-corrected chi connectivity index (χ2v) is 6.65. The molecule has 0 spiro atoms. The Morgan fingerprint density at radius 2 is 1.40 bits per heavy atom. The number of anilines is 1. The van der Waals surface area contributed by atoms with Gasteiger partial charge in [-0.05, 0) is 46.9 Å². The third-order valence-corrected chi connectivity index (χ3v) is 4.00. The van der Waals surface area contributed by atoms with Crippen LogP contribution in [0.1, 0.15) is 19.4 Å². The van der Waals surface area contributed by atoms with Crippen molar-refractivity contribution in [2.45, 2.75) is 20.4 Å². The van der Waals surface area contributed by atoms with Crippen LogP contribution in [0, 0.1) is 5.92 Å². The van der Waals surface area contributed by atoms with Crippen molar-refractivity contribution in [1.82, 2.24) is 0 Å². The van der Waals surface area contributed by atoms with Crippen molar-refractivity contribution in [3.05, 3.63) is 84.4 Å². The van der Waals surface area contributed by atoms with Gasteiger partial charge in [-0.15, -0.1) is 0 Å². The van der Waals surface area contributed by atoms with Gasteiger partial charge in [0.1, 0.15) is 5.75 Å². The fraction of sp³-hybridized carbons (Fsp3) is 0.217. The van der Waals surface area contributed by atoms with Crippen LogP contribution < -0.4 is 10.1 Å². The molecule has 25 heavy (non-hydrogen) atoms. The van der Waals surface area contributed by atoms with Gasteiger partial charge in [-0.1, -0.05) is 68.4 Å². The SMILES string of the molecule is CC(C)COc1ccc(NCc2ccc(-c3ccccc3)cc2)cc1. The third kappa shape index (κ3) is 5.12. The molecule has 0 amide bonds. The second kappa shape index (κ2) is 8.39. The van der Waals surface area contributed by atoms with Gasteiger partial charge in [-0.2, -0.15) is 0 Å². The first kappa shape index (κ1) is 17.1. The highest BCUT2D eigenvalue weighted by Crippen LogP contribution is 2.20. The minimum atomic E-state index is 0.539. The molecule has 0 aromatic heterocycles. The number of rotatable bonds is 7. The molecule has 0 bridgehead atoms. The molecular weight excluding hydrogens is 306 g/mol. The van der Waals surface area contributed by atoms with Crippen molar-refractivity contribution in [2.75, 3.05) is 11.9 Å². The van der Waals surface area contributed by atoms with E-state index >= 15 is 0 Å². The van der Waals surface area contributed by atoms with Crippen LogP contribution in [0.2, 0.25) is 0 Å². The van der Waals surface area contributed by atoms with E-state index in [0.29, 0.717) is 5.92 Å². The Balaban J connectivity index is 1.55. The molecule has 0 radical (unpaired) electrons. The Hall–Kier alpha value is -2.74. The molecule has 3 aromatic rings. The quantitative estimate of drug-likeness (QED) is 0.573. The summed E-state index contributed by atoms with van der Waals surface area (Å²) in [6.07, 6.45) is 0. The molecule has 0 atom stereocenters. The van der Waals surface area contributed by atoms with Crippen LogP contribution in [0.3, 0.4) is 0 Å². The smallest absolute Gasteiger partial charge is 0.119 e. The maximum absolute atomic E-state index is 5.71. The Morgan fingerprint density at radius 1 is 0.760 bits per heavy atom. The van der Waals surface area contributed by atoms with Crippen LogP contribution >= 0.6 is 0 Å². The van der Waals surface area contributed by atoms with Gasteiger partial charge < -0.3 is 10.1 Å². The highest BCUT2D eigenvalue weighted by atomic mass is 16.5. The molecule has 128 valence electrons. The van der Waals surface area contributed by atoms with Crippen molar-refractivity contribution in [1.29, 1.82) is 0 Å². The summed E-state index contributed by atoms with van der Waals surface area (Å²) in [5, 5.41) is 3.46. The number of nitrogens with one attached hydrogen (secondary N) is 1. The molecule has 0 aliphatic rings. The molecule has 3 aromatic carbocycles. The zero-order valence-electron chi connectivity index (χ0n) is 14.9. The van der Waals surface area contributed by atoms with Crippen molar-refractivity contribution < 1.29 is 4.74 Å². The van der Waals surface area contributed by atoms with Crippen LogP contribution in [-0.2, 0) is 6.54 Å². The molecule has 0 heterocycles. The zero-order chi connectivity index (χ0) is 17.5. The van der Waals surface area contributed by atoms with E-state index in [-0.39, 0.29) is 0 Å². The van der Waals surface area contributed by atoms with Crippen molar-refractivity contribution in [3.8, 4) is 16.9 Å². The summed E-state index contributed by atoms with van der Waals surface area (Å²) in [5.41, 5.74) is 4.86. The van der Waals surface area contributed by atoms with E-state index in [1.807, 2.05) is 18.2 Å². The summed E-state index contributed by atoms with van der Waals surface area (Å²) in [7, 11) is 0. The van der Waals surface area contributed by atoms with E-state index < -0.39 is 0 Å². The van der Waals surface area contributed by atoms with Crippen molar-refractivity contribution >= 4 is 5.69 Å². The maximum Gasteiger partial charge on any atom is 0.119 e. The molecular formula is C23H25NO. The minimum absolute atomic E-state index is 0.539. The molecule has 1 N–H and O–H groups in total. The molecule has 0 aliphatic heterocycles. The average molecular weight is 331 g/mol. The van der Waals surface area contributed by atoms with Gasteiger partial charge in [0.25, 0.3) is 0 Å². The van der Waals surface area contributed by atoms with Crippen LogP contribution in [0.4, 0.5) is 5.69 Å². The Labute approximate surface area is 150 Å². The number of benzene rings is 3. The predicted octanol–water partition coefficient (Wildman–Crippen LogP) is 6.00. The topological polar surface area (TPSA) is 21.3 Å². The normalized spacial score (nSPS) is 10.7. The monoisotopic (exact) mass is 331 g/mol. The molecule has 2 nitrogen and oxygen atoms in total. The lowest BCUT2D eigenvalue weighted by atomic mass is 10.0. The molecule has 0 saturated carbocycles. The van der Waals surface area contributed by atoms with Crippen molar-refractivity contribution in [2.24, 2.45) is 5.92 Å². The molecule has 0 aliphatic carbocycles. The standard InChI is InChI=1S/C23H25NO/c1-18(2)17-25-23-14-12-22(13-15-23)24-16-19-8-10-21(11-9-19)20-6-4-3-5-7-20/h3-15,18,24H,16-17H2,1-2H3. The Bertz CT molecular complexity index is 761. The summed E-state index contributed by atoms with van der Waals surface area (Å²) in [6, 6.07) is 27.3. The van der Waals surface area contributed by atoms with Crippen molar-refractivity contribution in [3.63, 3.8) is 0 Å². The van der Waals surface area contributed by atoms with Gasteiger partial charge in [-0.25, -0.2) is 0 Å². The van der Waals surface area contributed by atoms with Gasteiger partial charge in [0.2, 0.25) is 0 Å². The number of hydrogen-bond donors (Lipinski definition) is 1. The van der Waals surface area contributed by atoms with Gasteiger partial charge in [0.15, 0.2) is 0 Å². The van der Waals surface area contributed by atoms with E-state index in [1.54, 1.807) is 0 Å². The Morgan fingerprint density at radius 3 is 2.04 bits per heavy atom. The lowest BCUT2D eigenvalue weighted by Gasteiger charge is -2.11. The van der Waals surface area contributed by atoms with Crippen LogP contribution in [0.25, 0.3) is 11.1 Å². The van der Waals surface area contributed by atoms with Gasteiger partial charge in [-0.3, -0.25) is 0 Å². The van der Waals surface area contributed by atoms with Gasteiger partial charge >= 0.3 is 0 Å². The molecule has 0 fully saturated rings. The number of hydrogen-bond acceptors (Lipinski definition) is 2. The second-order valence-electron chi connectivity index (χ2n) is 6.65. The van der Waals surface area contributed by atoms with E-state index in [2.05, 4.69) is 79.8 Å². The molecule has 2 heteroatoms. The average Bonchev–Trinajstić information content (AvgIpc) is 2.66. The third-order valence-electron chi connectivity index (χ3n) is 4.00. The van der Waals surface area contributed by atoms with Crippen LogP contribution in [0.15, 0.2) is 78.9 Å². The zero-order valence-corrected chi connectivity index (χ0v) is 14.9. The lowest BCUT2D eigenvalue weighted by Crippen LogP contribution is -2.04. The minimum Gasteiger partial charge on any atom is -0.493 e. The lowest BCUT2D eigenvalue weighted by molar-refractivity contribution is 0.271. The highest BCUT2D eigenvalue weighted by Gasteiger charge is 2.00. The summed E-state index contributed by atoms with van der Waals surface area (Å²) in [4.78, 5) is 0. The summed E-state index contributed by atoms with van der Waals surface area (Å²) >= 11 is 0. The molecule has 0 unspecified atom stereocenters. The van der Waals surface area contributed by atoms with Crippen LogP contribution in [0.5, 0.6) is 5.75 Å². The summed E-state index contributed by atoms with van der Waals surface area (Å²) in [6.45, 7) is 5.86. The van der Waals surface area contributed by atoms with E-state index in [0.717, 1.165) is 24.6 Å². The van der Waals surface area contributed by atoms with Gasteiger partial charge in [0, 0.05) is 12.2 Å². The summed E-state index contributed by atoms with van der Waals surface area (Å²) in [5.74, 6) is 1.46. The first-order valence-corrected chi connectivity index (χ1v) is 8.82. The maximum atomic E-state index is 5.71. The van der Waals surface area contributed by atoms with E-state index in [4.69, 9.17) is 4.74 Å². The highest BCUT2D eigenvalue weighted by molar-refractivity contribution is 5.63.